The van der Waals surface area contributed by atoms with Crippen molar-refractivity contribution in [2.45, 2.75) is 20.0 Å². The first kappa shape index (κ1) is 20.7. The number of aromatic nitrogens is 5. The lowest BCUT2D eigenvalue weighted by atomic mass is 10.1. The fourth-order valence-electron chi connectivity index (χ4n) is 2.96. The zero-order chi connectivity index (χ0) is 22.2. The topological polar surface area (TPSA) is 85.6 Å². The SMILES string of the molecule is Cc1ccccc1C(=O)Nc1nc(-c2nnn(-c3cccc(C(F)(F)F)c3)c2C)ns1. The minimum atomic E-state index is -4.46. The van der Waals surface area contributed by atoms with Crippen molar-refractivity contribution in [3.8, 4) is 17.2 Å². The first-order valence-electron chi connectivity index (χ1n) is 9.05. The fraction of sp³-hybridized carbons (Fsp3) is 0.150. The highest BCUT2D eigenvalue weighted by Gasteiger charge is 2.31. The highest BCUT2D eigenvalue weighted by molar-refractivity contribution is 7.10. The number of hydrogen-bond acceptors (Lipinski definition) is 6. The molecular weight excluding hydrogens is 429 g/mol. The summed E-state index contributed by atoms with van der Waals surface area (Å²) in [5, 5.41) is 10.9. The molecule has 4 rings (SSSR count). The van der Waals surface area contributed by atoms with Gasteiger partial charge in [0.1, 0.15) is 0 Å². The van der Waals surface area contributed by atoms with E-state index in [1.807, 2.05) is 19.1 Å². The largest absolute Gasteiger partial charge is 0.416 e. The number of anilines is 1. The number of nitrogens with zero attached hydrogens (tertiary/aromatic N) is 5. The maximum atomic E-state index is 13.0. The first-order valence-corrected chi connectivity index (χ1v) is 9.82. The molecule has 1 N–H and O–H groups in total. The van der Waals surface area contributed by atoms with Gasteiger partial charge in [-0.15, -0.1) is 5.10 Å². The van der Waals surface area contributed by atoms with Crippen LogP contribution in [0.25, 0.3) is 17.2 Å². The lowest BCUT2D eigenvalue weighted by Crippen LogP contribution is -2.13. The summed E-state index contributed by atoms with van der Waals surface area (Å²) in [7, 11) is 0. The standard InChI is InChI=1S/C20H15F3N6OS/c1-11-6-3-4-9-15(11)18(30)25-19-24-17(27-31-19)16-12(2)29(28-26-16)14-8-5-7-13(10-14)20(21,22)23/h3-10H,1-2H3,(H,24,25,27,30). The van der Waals surface area contributed by atoms with Crippen molar-refractivity contribution in [1.82, 2.24) is 24.4 Å². The Labute approximate surface area is 178 Å². The molecule has 0 radical (unpaired) electrons. The van der Waals surface area contributed by atoms with E-state index in [1.54, 1.807) is 19.1 Å². The molecule has 31 heavy (non-hydrogen) atoms. The van der Waals surface area contributed by atoms with Crippen molar-refractivity contribution in [2.24, 2.45) is 0 Å². The highest BCUT2D eigenvalue weighted by Crippen LogP contribution is 2.31. The molecule has 0 aliphatic rings. The molecule has 0 saturated carbocycles. The van der Waals surface area contributed by atoms with E-state index in [0.717, 1.165) is 29.2 Å². The molecule has 0 unspecified atom stereocenters. The normalized spacial score (nSPS) is 11.5. The van der Waals surface area contributed by atoms with Gasteiger partial charge < -0.3 is 0 Å². The van der Waals surface area contributed by atoms with Crippen LogP contribution in [-0.2, 0) is 6.18 Å². The average molecular weight is 444 g/mol. The summed E-state index contributed by atoms with van der Waals surface area (Å²) in [5.74, 6) is -0.0917. The zero-order valence-electron chi connectivity index (χ0n) is 16.3. The molecule has 7 nitrogen and oxygen atoms in total. The predicted octanol–water partition coefficient (Wildman–Crippen LogP) is 4.67. The van der Waals surface area contributed by atoms with Crippen LogP contribution in [0.2, 0.25) is 0 Å². The van der Waals surface area contributed by atoms with Gasteiger partial charge in [0.2, 0.25) is 5.13 Å². The van der Waals surface area contributed by atoms with Crippen molar-refractivity contribution in [3.05, 3.63) is 70.9 Å². The molecule has 0 atom stereocenters. The van der Waals surface area contributed by atoms with Crippen LogP contribution in [0.5, 0.6) is 0 Å². The number of carbonyl (C=O) groups is 1. The first-order chi connectivity index (χ1) is 14.7. The molecule has 2 heterocycles. The van der Waals surface area contributed by atoms with E-state index in [-0.39, 0.29) is 22.6 Å². The monoisotopic (exact) mass is 444 g/mol. The maximum Gasteiger partial charge on any atom is 0.416 e. The van der Waals surface area contributed by atoms with E-state index >= 15 is 0 Å². The Kier molecular flexibility index (Phi) is 5.27. The summed E-state index contributed by atoms with van der Waals surface area (Å²) in [4.78, 5) is 16.7. The third-order valence-electron chi connectivity index (χ3n) is 4.56. The molecule has 0 aliphatic carbocycles. The Bertz CT molecular complexity index is 1260. The number of amides is 1. The van der Waals surface area contributed by atoms with Gasteiger partial charge in [0, 0.05) is 17.1 Å². The van der Waals surface area contributed by atoms with Gasteiger partial charge in [0.15, 0.2) is 11.5 Å². The number of aryl methyl sites for hydroxylation is 1. The van der Waals surface area contributed by atoms with Crippen LogP contribution in [-0.4, -0.2) is 30.3 Å². The van der Waals surface area contributed by atoms with Gasteiger partial charge in [-0.2, -0.15) is 22.5 Å². The molecule has 0 saturated heterocycles. The summed E-state index contributed by atoms with van der Waals surface area (Å²) in [6.45, 7) is 3.48. The molecule has 2 aromatic heterocycles. The number of rotatable bonds is 4. The van der Waals surface area contributed by atoms with E-state index in [9.17, 15) is 18.0 Å². The van der Waals surface area contributed by atoms with E-state index in [0.29, 0.717) is 17.0 Å². The van der Waals surface area contributed by atoms with Crippen LogP contribution >= 0.6 is 11.5 Å². The molecule has 0 aliphatic heterocycles. The summed E-state index contributed by atoms with van der Waals surface area (Å²) < 4.78 is 44.5. The molecule has 158 valence electrons. The molecule has 2 aromatic carbocycles. The van der Waals surface area contributed by atoms with Crippen LogP contribution in [0, 0.1) is 13.8 Å². The minimum absolute atomic E-state index is 0.217. The van der Waals surface area contributed by atoms with Gasteiger partial charge >= 0.3 is 6.18 Å². The lowest BCUT2D eigenvalue weighted by Gasteiger charge is -2.09. The fourth-order valence-corrected chi connectivity index (χ4v) is 3.52. The van der Waals surface area contributed by atoms with Gasteiger partial charge in [-0.1, -0.05) is 29.5 Å². The lowest BCUT2D eigenvalue weighted by molar-refractivity contribution is -0.137. The second-order valence-electron chi connectivity index (χ2n) is 6.68. The van der Waals surface area contributed by atoms with Gasteiger partial charge in [0.25, 0.3) is 5.91 Å². The molecule has 0 spiro atoms. The number of alkyl halides is 3. The molecule has 0 bridgehead atoms. The number of halogens is 3. The molecular formula is C20H15F3N6OS. The van der Waals surface area contributed by atoms with E-state index < -0.39 is 11.7 Å². The Morgan fingerprint density at radius 1 is 1.10 bits per heavy atom. The second kappa shape index (κ2) is 7.91. The van der Waals surface area contributed by atoms with E-state index in [4.69, 9.17) is 0 Å². The zero-order valence-corrected chi connectivity index (χ0v) is 17.1. The number of carbonyl (C=O) groups excluding carboxylic acids is 1. The van der Waals surface area contributed by atoms with Crippen LogP contribution < -0.4 is 5.32 Å². The van der Waals surface area contributed by atoms with Crippen molar-refractivity contribution in [2.75, 3.05) is 5.32 Å². The summed E-state index contributed by atoms with van der Waals surface area (Å²) >= 11 is 0.974. The van der Waals surface area contributed by atoms with Gasteiger partial charge in [-0.25, -0.2) is 4.68 Å². The molecule has 11 heteroatoms. The van der Waals surface area contributed by atoms with Crippen LogP contribution in [0.15, 0.2) is 48.5 Å². The summed E-state index contributed by atoms with van der Waals surface area (Å²) in [5.41, 5.74) is 1.55. The average Bonchev–Trinajstić information content (AvgIpc) is 3.34. The number of nitrogens with one attached hydrogen (secondary N) is 1. The molecule has 1 amide bonds. The Hall–Kier alpha value is -3.60. The van der Waals surface area contributed by atoms with Gasteiger partial charge in [0.05, 0.1) is 16.9 Å². The predicted molar refractivity (Wildman–Crippen MR) is 109 cm³/mol. The third-order valence-corrected chi connectivity index (χ3v) is 5.19. The molecule has 0 fully saturated rings. The highest BCUT2D eigenvalue weighted by atomic mass is 32.1. The summed E-state index contributed by atoms with van der Waals surface area (Å²) in [6, 6.07) is 11.9. The van der Waals surface area contributed by atoms with Crippen LogP contribution in [0.4, 0.5) is 18.3 Å². The smallest absolute Gasteiger partial charge is 0.297 e. The number of benzene rings is 2. The van der Waals surface area contributed by atoms with Crippen molar-refractivity contribution < 1.29 is 18.0 Å². The maximum absolute atomic E-state index is 13.0. The Morgan fingerprint density at radius 2 is 1.87 bits per heavy atom. The van der Waals surface area contributed by atoms with Gasteiger partial charge in [-0.3, -0.25) is 10.1 Å². The Balaban J connectivity index is 1.59. The quantitative estimate of drug-likeness (QED) is 0.494. The van der Waals surface area contributed by atoms with Crippen molar-refractivity contribution in [1.29, 1.82) is 0 Å². The minimum Gasteiger partial charge on any atom is -0.297 e. The van der Waals surface area contributed by atoms with Crippen LogP contribution in [0.3, 0.4) is 0 Å². The van der Waals surface area contributed by atoms with E-state index in [2.05, 4.69) is 25.0 Å². The number of hydrogen-bond donors (Lipinski definition) is 1. The van der Waals surface area contributed by atoms with E-state index in [1.165, 1.54) is 16.8 Å². The second-order valence-corrected chi connectivity index (χ2v) is 7.43. The third kappa shape index (κ3) is 4.17. The van der Waals surface area contributed by atoms with Crippen molar-refractivity contribution in [3.63, 3.8) is 0 Å². The summed E-state index contributed by atoms with van der Waals surface area (Å²) in [6.07, 6.45) is -4.46. The van der Waals surface area contributed by atoms with Crippen molar-refractivity contribution >= 4 is 22.6 Å². The molecule has 4 aromatic rings. The van der Waals surface area contributed by atoms with Crippen LogP contribution in [0.1, 0.15) is 27.2 Å². The van der Waals surface area contributed by atoms with Gasteiger partial charge in [-0.05, 0) is 43.7 Å². The Morgan fingerprint density at radius 3 is 2.61 bits per heavy atom.